The number of benzene rings is 3. The molecule has 0 amide bonds. The molecule has 0 fully saturated rings. The lowest BCUT2D eigenvalue weighted by Gasteiger charge is -2.17. The Bertz CT molecular complexity index is 1180. The van der Waals surface area contributed by atoms with Crippen molar-refractivity contribution >= 4 is 17.4 Å². The highest BCUT2D eigenvalue weighted by Crippen LogP contribution is 2.28. The van der Waals surface area contributed by atoms with Crippen molar-refractivity contribution in [1.29, 1.82) is 0 Å². The molecule has 0 aliphatic heterocycles. The first kappa shape index (κ1) is 20.8. The molecule has 0 radical (unpaired) electrons. The van der Waals surface area contributed by atoms with E-state index in [-0.39, 0.29) is 18.2 Å². The molecule has 0 N–H and O–H groups in total. The zero-order valence-electron chi connectivity index (χ0n) is 17.3. The van der Waals surface area contributed by atoms with Gasteiger partial charge in [0, 0.05) is 17.5 Å². The van der Waals surface area contributed by atoms with Gasteiger partial charge in [0.05, 0.1) is 18.3 Å². The minimum atomic E-state index is -0.341. The largest absolute Gasteiger partial charge is 0.497 e. The minimum Gasteiger partial charge on any atom is -0.497 e. The van der Waals surface area contributed by atoms with Gasteiger partial charge in [0.2, 0.25) is 0 Å². The van der Waals surface area contributed by atoms with Crippen LogP contribution in [0.5, 0.6) is 5.75 Å². The number of nitrogens with zero attached hydrogens (tertiary/aromatic N) is 3. The van der Waals surface area contributed by atoms with E-state index >= 15 is 0 Å². The van der Waals surface area contributed by atoms with Crippen LogP contribution in [0.15, 0.2) is 79.0 Å². The van der Waals surface area contributed by atoms with Crippen LogP contribution in [0.1, 0.15) is 33.9 Å². The average molecular weight is 432 g/mol. The van der Waals surface area contributed by atoms with Crippen LogP contribution in [0.25, 0.3) is 11.3 Å². The van der Waals surface area contributed by atoms with E-state index in [2.05, 4.69) is 10.2 Å². The first-order valence-corrected chi connectivity index (χ1v) is 10.3. The molecule has 156 valence electrons. The Balaban J connectivity index is 1.67. The molecule has 3 aromatic carbocycles. The van der Waals surface area contributed by atoms with E-state index in [4.69, 9.17) is 16.3 Å². The highest BCUT2D eigenvalue weighted by atomic mass is 35.5. The monoisotopic (exact) mass is 431 g/mol. The number of Topliss-reactive ketones (excluding diaryl/α,β-unsaturated/α-hetero) is 1. The molecule has 1 atom stereocenters. The number of methoxy groups -OCH3 is 1. The van der Waals surface area contributed by atoms with Gasteiger partial charge in [0.1, 0.15) is 17.5 Å². The van der Waals surface area contributed by atoms with Crippen LogP contribution in [0.3, 0.4) is 0 Å². The predicted molar refractivity (Wildman–Crippen MR) is 122 cm³/mol. The van der Waals surface area contributed by atoms with Gasteiger partial charge in [-0.1, -0.05) is 59.6 Å². The van der Waals surface area contributed by atoms with Crippen molar-refractivity contribution < 1.29 is 9.53 Å². The van der Waals surface area contributed by atoms with Gasteiger partial charge in [-0.3, -0.25) is 4.79 Å². The van der Waals surface area contributed by atoms with Gasteiger partial charge in [0.25, 0.3) is 0 Å². The van der Waals surface area contributed by atoms with Crippen molar-refractivity contribution in [3.63, 3.8) is 0 Å². The van der Waals surface area contributed by atoms with Crippen LogP contribution in [-0.4, -0.2) is 27.9 Å². The predicted octanol–water partition coefficient (Wildman–Crippen LogP) is 5.78. The molecule has 6 heteroatoms. The van der Waals surface area contributed by atoms with E-state index in [1.165, 1.54) is 0 Å². The molecule has 0 spiro atoms. The van der Waals surface area contributed by atoms with Crippen LogP contribution in [0, 0.1) is 6.92 Å². The van der Waals surface area contributed by atoms with E-state index < -0.39 is 0 Å². The summed E-state index contributed by atoms with van der Waals surface area (Å²) in [5, 5.41) is 9.75. The third kappa shape index (κ3) is 4.67. The molecule has 0 saturated heterocycles. The Hall–Kier alpha value is -3.44. The molecule has 31 heavy (non-hydrogen) atoms. The summed E-state index contributed by atoms with van der Waals surface area (Å²) in [7, 11) is 1.60. The molecule has 4 rings (SSSR count). The average Bonchev–Trinajstić information content (AvgIpc) is 3.28. The molecule has 0 bridgehead atoms. The van der Waals surface area contributed by atoms with Gasteiger partial charge in [-0.15, -0.1) is 0 Å². The van der Waals surface area contributed by atoms with Crippen molar-refractivity contribution in [1.82, 2.24) is 15.0 Å². The van der Waals surface area contributed by atoms with Crippen molar-refractivity contribution in [2.75, 3.05) is 7.11 Å². The van der Waals surface area contributed by atoms with Crippen LogP contribution < -0.4 is 4.74 Å². The Morgan fingerprint density at radius 1 is 1.03 bits per heavy atom. The van der Waals surface area contributed by atoms with E-state index in [1.54, 1.807) is 42.4 Å². The fourth-order valence-electron chi connectivity index (χ4n) is 3.41. The third-order valence-electron chi connectivity index (χ3n) is 5.19. The second-order valence-electron chi connectivity index (χ2n) is 7.31. The summed E-state index contributed by atoms with van der Waals surface area (Å²) in [6.45, 7) is 2.03. The zero-order chi connectivity index (χ0) is 21.8. The molecule has 1 unspecified atom stereocenters. The van der Waals surface area contributed by atoms with Gasteiger partial charge < -0.3 is 4.74 Å². The number of aromatic nitrogens is 3. The smallest absolute Gasteiger partial charge is 0.165 e. The Labute approximate surface area is 186 Å². The highest BCUT2D eigenvalue weighted by molar-refractivity contribution is 6.33. The normalized spacial score (nSPS) is 11.8. The lowest BCUT2D eigenvalue weighted by Crippen LogP contribution is -2.18. The molecule has 0 aliphatic rings. The molecular weight excluding hydrogens is 410 g/mol. The highest BCUT2D eigenvalue weighted by Gasteiger charge is 2.22. The minimum absolute atomic E-state index is 0.00446. The summed E-state index contributed by atoms with van der Waals surface area (Å²) in [6, 6.07) is 22.4. The SMILES string of the molecule is COc1ccc(C(=O)CC(c2ccc(C)cc2)n2ncc(-c3ccccc3Cl)n2)cc1. The number of rotatable bonds is 7. The maximum atomic E-state index is 13.1. The summed E-state index contributed by atoms with van der Waals surface area (Å²) in [4.78, 5) is 14.7. The Kier molecular flexibility index (Phi) is 6.14. The molecule has 4 aromatic rings. The quantitative estimate of drug-likeness (QED) is 0.348. The number of hydrogen-bond donors (Lipinski definition) is 0. The molecule has 1 heterocycles. The van der Waals surface area contributed by atoms with E-state index in [1.807, 2.05) is 55.5 Å². The second-order valence-corrected chi connectivity index (χ2v) is 7.72. The first-order valence-electron chi connectivity index (χ1n) is 9.95. The fourth-order valence-corrected chi connectivity index (χ4v) is 3.64. The van der Waals surface area contributed by atoms with Gasteiger partial charge in [-0.25, -0.2) is 0 Å². The number of aryl methyl sites for hydroxylation is 1. The van der Waals surface area contributed by atoms with Crippen molar-refractivity contribution in [2.45, 2.75) is 19.4 Å². The summed E-state index contributed by atoms with van der Waals surface area (Å²) >= 11 is 6.33. The Morgan fingerprint density at radius 2 is 1.74 bits per heavy atom. The van der Waals surface area contributed by atoms with Gasteiger partial charge in [0.15, 0.2) is 5.78 Å². The molecule has 5 nitrogen and oxygen atoms in total. The van der Waals surface area contributed by atoms with Crippen molar-refractivity contribution in [3.05, 3.63) is 101 Å². The first-order chi connectivity index (χ1) is 15.0. The summed E-state index contributed by atoms with van der Waals surface area (Å²) in [5.41, 5.74) is 4.21. The van der Waals surface area contributed by atoms with E-state index in [0.717, 1.165) is 16.7 Å². The molecule has 1 aromatic heterocycles. The van der Waals surface area contributed by atoms with Gasteiger partial charge in [-0.2, -0.15) is 15.0 Å². The number of ether oxygens (including phenoxy) is 1. The summed E-state index contributed by atoms with van der Waals surface area (Å²) in [5.74, 6) is 0.717. The number of ketones is 1. The maximum absolute atomic E-state index is 13.1. The number of halogens is 1. The summed E-state index contributed by atoms with van der Waals surface area (Å²) < 4.78 is 5.19. The van der Waals surface area contributed by atoms with Gasteiger partial charge in [-0.05, 0) is 42.8 Å². The van der Waals surface area contributed by atoms with E-state index in [9.17, 15) is 4.79 Å². The van der Waals surface area contributed by atoms with Crippen LogP contribution in [0.2, 0.25) is 5.02 Å². The third-order valence-corrected chi connectivity index (χ3v) is 5.52. The Morgan fingerprint density at radius 3 is 2.42 bits per heavy atom. The topological polar surface area (TPSA) is 57.0 Å². The van der Waals surface area contributed by atoms with Crippen molar-refractivity contribution in [2.24, 2.45) is 0 Å². The molecule has 0 saturated carbocycles. The maximum Gasteiger partial charge on any atom is 0.165 e. The standard InChI is InChI=1S/C25H22ClN3O2/c1-17-7-9-18(10-8-17)24(15-25(30)19-11-13-20(31-2)14-12-19)29-27-16-23(28-29)21-5-3-4-6-22(21)26/h3-14,16,24H,15H2,1-2H3. The second kappa shape index (κ2) is 9.14. The number of carbonyl (C=O) groups excluding carboxylic acids is 1. The molecular formula is C25H22ClN3O2. The number of carbonyl (C=O) groups is 1. The van der Waals surface area contributed by atoms with Crippen LogP contribution in [-0.2, 0) is 0 Å². The molecule has 0 aliphatic carbocycles. The number of hydrogen-bond acceptors (Lipinski definition) is 4. The van der Waals surface area contributed by atoms with Crippen LogP contribution in [0.4, 0.5) is 0 Å². The summed E-state index contributed by atoms with van der Waals surface area (Å²) in [6.07, 6.45) is 1.91. The van der Waals surface area contributed by atoms with Crippen LogP contribution >= 0.6 is 11.6 Å². The van der Waals surface area contributed by atoms with E-state index in [0.29, 0.717) is 22.0 Å². The lowest BCUT2D eigenvalue weighted by atomic mass is 9.97. The van der Waals surface area contributed by atoms with Crippen molar-refractivity contribution in [3.8, 4) is 17.0 Å². The lowest BCUT2D eigenvalue weighted by molar-refractivity contribution is 0.0964. The zero-order valence-corrected chi connectivity index (χ0v) is 18.1. The fraction of sp³-hybridized carbons (Fsp3) is 0.160. The van der Waals surface area contributed by atoms with Gasteiger partial charge >= 0.3 is 0 Å².